The van der Waals surface area contributed by atoms with Crippen molar-refractivity contribution < 1.29 is 4.79 Å². The summed E-state index contributed by atoms with van der Waals surface area (Å²) in [4.78, 5) is 13.3. The van der Waals surface area contributed by atoms with E-state index in [1.54, 1.807) is 0 Å². The number of carbonyl (C=O) groups is 1. The third kappa shape index (κ3) is 2.35. The second-order valence-electron chi connectivity index (χ2n) is 4.22. The molecule has 1 nitrogen and oxygen atoms in total. The van der Waals surface area contributed by atoms with Crippen molar-refractivity contribution in [1.82, 2.24) is 0 Å². The lowest BCUT2D eigenvalue weighted by atomic mass is 10.0. The highest BCUT2D eigenvalue weighted by Gasteiger charge is 2.15. The van der Waals surface area contributed by atoms with Crippen molar-refractivity contribution in [3.05, 3.63) is 82.6 Å². The predicted molar refractivity (Wildman–Crippen MR) is 79.6 cm³/mol. The number of thiophene rings is 1. The van der Waals surface area contributed by atoms with Gasteiger partial charge in [0.2, 0.25) is 5.78 Å². The summed E-state index contributed by atoms with van der Waals surface area (Å²) in [6, 6.07) is 21.5. The minimum atomic E-state index is 0.0921. The van der Waals surface area contributed by atoms with Crippen molar-refractivity contribution in [3.8, 4) is 11.1 Å². The van der Waals surface area contributed by atoms with Crippen LogP contribution in [0.1, 0.15) is 15.2 Å². The Bertz CT molecular complexity index is 684. The quantitative estimate of drug-likeness (QED) is 0.629. The zero-order valence-electron chi connectivity index (χ0n) is 10.2. The van der Waals surface area contributed by atoms with Crippen LogP contribution < -0.4 is 0 Å². The van der Waals surface area contributed by atoms with Crippen LogP contribution >= 0.6 is 11.3 Å². The number of carbonyl (C=O) groups excluding carboxylic acids is 1. The molecular formula is C17H12OS. The summed E-state index contributed by atoms with van der Waals surface area (Å²) in [5.41, 5.74) is 2.84. The van der Waals surface area contributed by atoms with Gasteiger partial charge < -0.3 is 0 Å². The Morgan fingerprint density at radius 2 is 1.42 bits per heavy atom. The van der Waals surface area contributed by atoms with E-state index >= 15 is 0 Å². The van der Waals surface area contributed by atoms with Gasteiger partial charge in [0.1, 0.15) is 0 Å². The summed E-state index contributed by atoms with van der Waals surface area (Å²) in [6.45, 7) is 0. The van der Waals surface area contributed by atoms with E-state index < -0.39 is 0 Å². The van der Waals surface area contributed by atoms with Crippen LogP contribution in [0.5, 0.6) is 0 Å². The maximum Gasteiger partial charge on any atom is 0.203 e. The molecule has 0 unspecified atom stereocenters. The van der Waals surface area contributed by atoms with Crippen molar-refractivity contribution in [3.63, 3.8) is 0 Å². The summed E-state index contributed by atoms with van der Waals surface area (Å²) >= 11 is 1.50. The second-order valence-corrected chi connectivity index (χ2v) is 5.14. The summed E-state index contributed by atoms with van der Waals surface area (Å²) in [6.07, 6.45) is 0. The van der Waals surface area contributed by atoms with Gasteiger partial charge in [-0.2, -0.15) is 0 Å². The molecule has 0 saturated heterocycles. The highest BCUT2D eigenvalue weighted by molar-refractivity contribution is 7.12. The van der Waals surface area contributed by atoms with Crippen LogP contribution in [0.3, 0.4) is 0 Å². The van der Waals surface area contributed by atoms with Crippen LogP contribution in [0.15, 0.2) is 72.1 Å². The molecule has 19 heavy (non-hydrogen) atoms. The Hall–Kier alpha value is -2.19. The largest absolute Gasteiger partial charge is 0.288 e. The minimum absolute atomic E-state index is 0.0921. The first-order valence-electron chi connectivity index (χ1n) is 6.09. The van der Waals surface area contributed by atoms with Crippen molar-refractivity contribution in [1.29, 1.82) is 0 Å². The lowest BCUT2D eigenvalue weighted by molar-refractivity contribution is 0.104. The third-order valence-electron chi connectivity index (χ3n) is 2.99. The Morgan fingerprint density at radius 3 is 2.11 bits per heavy atom. The first-order chi connectivity index (χ1) is 9.36. The zero-order chi connectivity index (χ0) is 13.1. The van der Waals surface area contributed by atoms with E-state index in [4.69, 9.17) is 0 Å². The van der Waals surface area contributed by atoms with Gasteiger partial charge >= 0.3 is 0 Å². The predicted octanol–water partition coefficient (Wildman–Crippen LogP) is 4.65. The molecule has 3 aromatic rings. The smallest absolute Gasteiger partial charge is 0.203 e. The molecule has 2 aromatic carbocycles. The summed E-state index contributed by atoms with van der Waals surface area (Å²) in [5, 5.41) is 1.97. The van der Waals surface area contributed by atoms with E-state index in [1.807, 2.05) is 72.1 Å². The van der Waals surface area contributed by atoms with E-state index in [9.17, 15) is 4.79 Å². The Morgan fingerprint density at radius 1 is 0.789 bits per heavy atom. The van der Waals surface area contributed by atoms with Crippen LogP contribution in [0.2, 0.25) is 0 Å². The van der Waals surface area contributed by atoms with Crippen LogP contribution in [-0.2, 0) is 0 Å². The van der Waals surface area contributed by atoms with Crippen molar-refractivity contribution in [2.75, 3.05) is 0 Å². The van der Waals surface area contributed by atoms with E-state index in [1.165, 1.54) is 11.3 Å². The molecule has 0 amide bonds. The molecule has 0 aliphatic heterocycles. The number of rotatable bonds is 3. The van der Waals surface area contributed by atoms with E-state index in [0.29, 0.717) is 0 Å². The maximum atomic E-state index is 12.5. The number of hydrogen-bond acceptors (Lipinski definition) is 2. The monoisotopic (exact) mass is 264 g/mol. The van der Waals surface area contributed by atoms with Crippen LogP contribution in [0.25, 0.3) is 11.1 Å². The molecule has 0 aliphatic carbocycles. The molecule has 1 heterocycles. The van der Waals surface area contributed by atoms with Crippen molar-refractivity contribution in [2.45, 2.75) is 0 Å². The minimum Gasteiger partial charge on any atom is -0.288 e. The van der Waals surface area contributed by atoms with Gasteiger partial charge in [0.15, 0.2) is 0 Å². The van der Waals surface area contributed by atoms with E-state index in [0.717, 1.165) is 21.6 Å². The normalized spacial score (nSPS) is 10.3. The standard InChI is InChI=1S/C17H12OS/c18-16(14-9-5-2-6-10-14)17-15(11-12-19-17)13-7-3-1-4-8-13/h1-12H. The van der Waals surface area contributed by atoms with Gasteiger partial charge in [-0.1, -0.05) is 60.7 Å². The first-order valence-corrected chi connectivity index (χ1v) is 6.97. The average Bonchev–Trinajstić information content (AvgIpc) is 2.98. The highest BCUT2D eigenvalue weighted by atomic mass is 32.1. The fourth-order valence-corrected chi connectivity index (χ4v) is 2.93. The number of ketones is 1. The van der Waals surface area contributed by atoms with Gasteiger partial charge in [-0.05, 0) is 17.0 Å². The number of hydrogen-bond donors (Lipinski definition) is 0. The Kier molecular flexibility index (Phi) is 3.25. The molecule has 0 atom stereocenters. The SMILES string of the molecule is O=C(c1ccccc1)c1sccc1-c1ccccc1. The zero-order valence-corrected chi connectivity index (χ0v) is 11.1. The Labute approximate surface area is 116 Å². The first kappa shape index (κ1) is 11.9. The lowest BCUT2D eigenvalue weighted by Crippen LogP contribution is -1.99. The highest BCUT2D eigenvalue weighted by Crippen LogP contribution is 2.30. The summed E-state index contributed by atoms with van der Waals surface area (Å²) in [7, 11) is 0. The molecule has 2 heteroatoms. The molecule has 0 aliphatic rings. The number of benzene rings is 2. The molecule has 0 saturated carbocycles. The average molecular weight is 264 g/mol. The molecule has 0 spiro atoms. The van der Waals surface area contributed by atoms with Gasteiger partial charge in [0.25, 0.3) is 0 Å². The van der Waals surface area contributed by atoms with Crippen LogP contribution in [0, 0.1) is 0 Å². The Balaban J connectivity index is 2.04. The van der Waals surface area contributed by atoms with Crippen LogP contribution in [0.4, 0.5) is 0 Å². The van der Waals surface area contributed by atoms with E-state index in [-0.39, 0.29) is 5.78 Å². The lowest BCUT2D eigenvalue weighted by Gasteiger charge is -2.03. The van der Waals surface area contributed by atoms with Crippen molar-refractivity contribution in [2.24, 2.45) is 0 Å². The fourth-order valence-electron chi connectivity index (χ4n) is 2.05. The van der Waals surface area contributed by atoms with Gasteiger partial charge in [-0.15, -0.1) is 11.3 Å². The van der Waals surface area contributed by atoms with Gasteiger partial charge in [-0.3, -0.25) is 4.79 Å². The summed E-state index contributed by atoms with van der Waals surface area (Å²) < 4.78 is 0. The molecule has 0 radical (unpaired) electrons. The molecule has 0 N–H and O–H groups in total. The van der Waals surface area contributed by atoms with E-state index in [2.05, 4.69) is 0 Å². The molecule has 3 rings (SSSR count). The molecular weight excluding hydrogens is 252 g/mol. The molecule has 0 fully saturated rings. The molecule has 1 aromatic heterocycles. The maximum absolute atomic E-state index is 12.5. The third-order valence-corrected chi connectivity index (χ3v) is 3.91. The summed E-state index contributed by atoms with van der Waals surface area (Å²) in [5.74, 6) is 0.0921. The van der Waals surface area contributed by atoms with Gasteiger partial charge in [0.05, 0.1) is 4.88 Å². The second kappa shape index (κ2) is 5.21. The van der Waals surface area contributed by atoms with Gasteiger partial charge in [-0.25, -0.2) is 0 Å². The van der Waals surface area contributed by atoms with Gasteiger partial charge in [0, 0.05) is 11.1 Å². The topological polar surface area (TPSA) is 17.1 Å². The fraction of sp³-hybridized carbons (Fsp3) is 0. The molecule has 0 bridgehead atoms. The van der Waals surface area contributed by atoms with Crippen LogP contribution in [-0.4, -0.2) is 5.78 Å². The molecule has 92 valence electrons. The van der Waals surface area contributed by atoms with Crippen molar-refractivity contribution >= 4 is 17.1 Å².